The lowest BCUT2D eigenvalue weighted by molar-refractivity contribution is 0.0589. The fraction of sp³-hybridized carbons (Fsp3) is 0.300. The van der Waals surface area contributed by atoms with Crippen molar-refractivity contribution in [3.8, 4) is 11.3 Å². The minimum atomic E-state index is -0.416. The molecule has 0 amide bonds. The van der Waals surface area contributed by atoms with Crippen molar-refractivity contribution in [2.75, 3.05) is 7.11 Å². The minimum Gasteiger partial charge on any atom is -0.464 e. The average molecular weight is 220 g/mol. The van der Waals surface area contributed by atoms with Gasteiger partial charge in [-0.15, -0.1) is 0 Å². The number of hydrogen-bond acceptors (Lipinski definition) is 4. The Morgan fingerprint density at radius 3 is 2.75 bits per heavy atom. The molecule has 0 aliphatic carbocycles. The first kappa shape index (κ1) is 10.4. The van der Waals surface area contributed by atoms with Gasteiger partial charge in [-0.25, -0.2) is 9.78 Å². The van der Waals surface area contributed by atoms with Crippen LogP contribution >= 0.6 is 0 Å². The Bertz CT molecular complexity index is 527. The number of ether oxygens (including phenoxy) is 1. The second-order valence-electron chi connectivity index (χ2n) is 3.45. The number of carbonyl (C=O) groups is 1. The maximum Gasteiger partial charge on any atom is 0.357 e. The molecular formula is C10H12N4O2. The van der Waals surface area contributed by atoms with Gasteiger partial charge in [0.2, 0.25) is 0 Å². The number of aryl methyl sites for hydroxylation is 2. The fourth-order valence-electron chi connectivity index (χ4n) is 1.52. The minimum absolute atomic E-state index is 0.404. The number of rotatable bonds is 2. The quantitative estimate of drug-likeness (QED) is 0.695. The van der Waals surface area contributed by atoms with Crippen LogP contribution in [0.3, 0.4) is 0 Å². The summed E-state index contributed by atoms with van der Waals surface area (Å²) in [6.07, 6.45) is 5.10. The summed E-state index contributed by atoms with van der Waals surface area (Å²) in [5.74, 6) is -0.416. The molecule has 0 bridgehead atoms. The summed E-state index contributed by atoms with van der Waals surface area (Å²) in [6, 6.07) is 0. The summed E-state index contributed by atoms with van der Waals surface area (Å²) < 4.78 is 8.00. The maximum absolute atomic E-state index is 11.6. The van der Waals surface area contributed by atoms with E-state index < -0.39 is 5.97 Å². The summed E-state index contributed by atoms with van der Waals surface area (Å²) in [5.41, 5.74) is 1.78. The number of carbonyl (C=O) groups excluding carboxylic acids is 1. The van der Waals surface area contributed by atoms with Gasteiger partial charge in [-0.1, -0.05) is 0 Å². The molecule has 6 nitrogen and oxygen atoms in total. The molecule has 0 aromatic carbocycles. The summed E-state index contributed by atoms with van der Waals surface area (Å²) in [6.45, 7) is 0. The molecule has 16 heavy (non-hydrogen) atoms. The van der Waals surface area contributed by atoms with Crippen LogP contribution < -0.4 is 0 Å². The molecule has 0 fully saturated rings. The number of esters is 1. The summed E-state index contributed by atoms with van der Waals surface area (Å²) in [4.78, 5) is 15.8. The lowest BCUT2D eigenvalue weighted by Gasteiger charge is -2.01. The van der Waals surface area contributed by atoms with E-state index in [1.54, 1.807) is 19.6 Å². The van der Waals surface area contributed by atoms with Crippen LogP contribution in [0, 0.1) is 0 Å². The van der Waals surface area contributed by atoms with E-state index >= 15 is 0 Å². The second kappa shape index (κ2) is 3.80. The van der Waals surface area contributed by atoms with Crippen molar-refractivity contribution in [1.82, 2.24) is 19.3 Å². The van der Waals surface area contributed by atoms with Crippen molar-refractivity contribution in [3.63, 3.8) is 0 Å². The average Bonchev–Trinajstić information content (AvgIpc) is 2.83. The molecule has 6 heteroatoms. The first-order chi connectivity index (χ1) is 7.63. The largest absolute Gasteiger partial charge is 0.464 e. The van der Waals surface area contributed by atoms with Crippen LogP contribution in [0.4, 0.5) is 0 Å². The third-order valence-corrected chi connectivity index (χ3v) is 2.30. The lowest BCUT2D eigenvalue weighted by atomic mass is 10.2. The van der Waals surface area contributed by atoms with Gasteiger partial charge in [-0.3, -0.25) is 4.68 Å². The first-order valence-electron chi connectivity index (χ1n) is 4.72. The van der Waals surface area contributed by atoms with Crippen molar-refractivity contribution in [2.24, 2.45) is 14.1 Å². The molecule has 0 N–H and O–H groups in total. The molecule has 2 aromatic heterocycles. The van der Waals surface area contributed by atoms with Gasteiger partial charge in [-0.2, -0.15) is 5.10 Å². The first-order valence-corrected chi connectivity index (χ1v) is 4.72. The molecule has 0 saturated heterocycles. The van der Waals surface area contributed by atoms with Crippen LogP contribution in [-0.4, -0.2) is 32.4 Å². The highest BCUT2D eigenvalue weighted by atomic mass is 16.5. The molecule has 0 unspecified atom stereocenters. The monoisotopic (exact) mass is 220 g/mol. The van der Waals surface area contributed by atoms with E-state index in [4.69, 9.17) is 4.74 Å². The highest BCUT2D eigenvalue weighted by Crippen LogP contribution is 2.21. The summed E-state index contributed by atoms with van der Waals surface area (Å²) in [5, 5.41) is 4.04. The van der Waals surface area contributed by atoms with E-state index in [0.29, 0.717) is 17.0 Å². The molecule has 0 saturated carbocycles. The van der Waals surface area contributed by atoms with Crippen molar-refractivity contribution >= 4 is 5.97 Å². The molecule has 0 spiro atoms. The topological polar surface area (TPSA) is 61.9 Å². The van der Waals surface area contributed by atoms with Crippen molar-refractivity contribution < 1.29 is 9.53 Å². The molecule has 0 aliphatic rings. The third kappa shape index (κ3) is 1.58. The van der Waals surface area contributed by atoms with E-state index in [-0.39, 0.29) is 0 Å². The Morgan fingerprint density at radius 1 is 1.44 bits per heavy atom. The Hall–Kier alpha value is -2.11. The zero-order valence-corrected chi connectivity index (χ0v) is 9.34. The predicted octanol–water partition coefficient (Wildman–Crippen LogP) is 0.607. The summed E-state index contributed by atoms with van der Waals surface area (Å²) >= 11 is 0. The Morgan fingerprint density at radius 2 is 2.19 bits per heavy atom. The van der Waals surface area contributed by atoms with Gasteiger partial charge in [0.15, 0.2) is 5.69 Å². The van der Waals surface area contributed by atoms with Crippen LogP contribution in [0.1, 0.15) is 10.5 Å². The number of imidazole rings is 1. The summed E-state index contributed by atoms with van der Waals surface area (Å²) in [7, 11) is 4.90. The number of methoxy groups -OCH3 is 1. The standard InChI is InChI=1S/C10H12N4O2/c1-13-5-8(11-6-13)7-4-12-14(2)9(7)10(15)16-3/h4-6H,1-3H3. The molecule has 84 valence electrons. The van der Waals surface area contributed by atoms with Gasteiger partial charge >= 0.3 is 5.97 Å². The van der Waals surface area contributed by atoms with Crippen LogP contribution in [0.25, 0.3) is 11.3 Å². The van der Waals surface area contributed by atoms with Gasteiger partial charge in [-0.05, 0) is 0 Å². The molecule has 2 aromatic rings. The van der Waals surface area contributed by atoms with E-state index in [0.717, 1.165) is 0 Å². The van der Waals surface area contributed by atoms with E-state index in [9.17, 15) is 4.79 Å². The predicted molar refractivity (Wildman–Crippen MR) is 56.7 cm³/mol. The molecule has 0 atom stereocenters. The van der Waals surface area contributed by atoms with Gasteiger partial charge in [0.05, 0.1) is 30.9 Å². The normalized spacial score (nSPS) is 10.4. The lowest BCUT2D eigenvalue weighted by Crippen LogP contribution is -2.09. The van der Waals surface area contributed by atoms with E-state index in [1.165, 1.54) is 11.8 Å². The smallest absolute Gasteiger partial charge is 0.357 e. The Labute approximate surface area is 92.5 Å². The number of aromatic nitrogens is 4. The van der Waals surface area contributed by atoms with Crippen LogP contribution in [0.5, 0.6) is 0 Å². The second-order valence-corrected chi connectivity index (χ2v) is 3.45. The third-order valence-electron chi connectivity index (χ3n) is 2.30. The Balaban J connectivity index is 2.53. The van der Waals surface area contributed by atoms with E-state index in [1.807, 2.05) is 17.8 Å². The van der Waals surface area contributed by atoms with E-state index in [2.05, 4.69) is 10.1 Å². The number of nitrogens with zero attached hydrogens (tertiary/aromatic N) is 4. The van der Waals surface area contributed by atoms with Gasteiger partial charge in [0, 0.05) is 20.3 Å². The molecule has 0 radical (unpaired) electrons. The van der Waals surface area contributed by atoms with Crippen LogP contribution in [0.15, 0.2) is 18.7 Å². The zero-order valence-electron chi connectivity index (χ0n) is 9.34. The van der Waals surface area contributed by atoms with Gasteiger partial charge in [0.25, 0.3) is 0 Å². The highest BCUT2D eigenvalue weighted by molar-refractivity contribution is 5.94. The number of hydrogen-bond donors (Lipinski definition) is 0. The van der Waals surface area contributed by atoms with Crippen LogP contribution in [-0.2, 0) is 18.8 Å². The molecule has 0 aliphatic heterocycles. The molecular weight excluding hydrogens is 208 g/mol. The molecule has 2 rings (SSSR count). The highest BCUT2D eigenvalue weighted by Gasteiger charge is 2.19. The Kier molecular flexibility index (Phi) is 2.47. The van der Waals surface area contributed by atoms with Gasteiger partial charge in [0.1, 0.15) is 0 Å². The van der Waals surface area contributed by atoms with Gasteiger partial charge < -0.3 is 9.30 Å². The fourth-order valence-corrected chi connectivity index (χ4v) is 1.52. The van der Waals surface area contributed by atoms with Crippen molar-refractivity contribution in [1.29, 1.82) is 0 Å². The molecule has 2 heterocycles. The van der Waals surface area contributed by atoms with Crippen molar-refractivity contribution in [2.45, 2.75) is 0 Å². The van der Waals surface area contributed by atoms with Crippen molar-refractivity contribution in [3.05, 3.63) is 24.4 Å². The zero-order chi connectivity index (χ0) is 11.7. The van der Waals surface area contributed by atoms with Crippen LogP contribution in [0.2, 0.25) is 0 Å². The maximum atomic E-state index is 11.6. The SMILES string of the molecule is COC(=O)c1c(-c2cn(C)cn2)cnn1C.